The highest BCUT2D eigenvalue weighted by atomic mass is 79.9. The molecule has 0 radical (unpaired) electrons. The van der Waals surface area contributed by atoms with Crippen molar-refractivity contribution in [3.05, 3.63) is 64.4 Å². The van der Waals surface area contributed by atoms with E-state index in [4.69, 9.17) is 4.74 Å². The number of rotatable bonds is 4. The summed E-state index contributed by atoms with van der Waals surface area (Å²) in [6.45, 7) is 0. The van der Waals surface area contributed by atoms with Gasteiger partial charge in [-0.25, -0.2) is 4.39 Å². The number of amides is 1. The van der Waals surface area contributed by atoms with Crippen LogP contribution in [0, 0.1) is 5.82 Å². The summed E-state index contributed by atoms with van der Waals surface area (Å²) in [6.07, 6.45) is -0.708. The van der Waals surface area contributed by atoms with Crippen LogP contribution in [0.15, 0.2) is 53.0 Å². The van der Waals surface area contributed by atoms with Crippen molar-refractivity contribution in [3.63, 3.8) is 0 Å². The molecule has 0 heterocycles. The molecule has 5 heteroatoms. The first-order valence-corrected chi connectivity index (χ1v) is 6.75. The Morgan fingerprint density at radius 3 is 2.55 bits per heavy atom. The van der Waals surface area contributed by atoms with Crippen LogP contribution in [0.1, 0.15) is 11.7 Å². The lowest BCUT2D eigenvalue weighted by Crippen LogP contribution is -2.22. The van der Waals surface area contributed by atoms with Gasteiger partial charge in [-0.15, -0.1) is 0 Å². The Morgan fingerprint density at radius 2 is 1.95 bits per heavy atom. The molecule has 2 aromatic rings. The number of hydrogen-bond donors (Lipinski definition) is 1. The molecule has 0 aliphatic carbocycles. The minimum absolute atomic E-state index is 0.295. The predicted octanol–water partition coefficient (Wildman–Crippen LogP) is 3.91. The van der Waals surface area contributed by atoms with Crippen molar-refractivity contribution >= 4 is 27.5 Å². The van der Waals surface area contributed by atoms with Gasteiger partial charge in [0.15, 0.2) is 6.10 Å². The Bertz CT molecular complexity index is 604. The van der Waals surface area contributed by atoms with Crippen molar-refractivity contribution < 1.29 is 13.9 Å². The Hall–Kier alpha value is -1.72. The smallest absolute Gasteiger partial charge is 0.258 e. The second kappa shape index (κ2) is 6.63. The molecule has 0 aliphatic heterocycles. The first-order valence-electron chi connectivity index (χ1n) is 5.95. The Morgan fingerprint density at radius 1 is 1.25 bits per heavy atom. The van der Waals surface area contributed by atoms with Gasteiger partial charge in [0.25, 0.3) is 5.91 Å². The van der Waals surface area contributed by atoms with Crippen molar-refractivity contribution in [3.8, 4) is 0 Å². The summed E-state index contributed by atoms with van der Waals surface area (Å²) in [7, 11) is 1.47. The third-order valence-electron chi connectivity index (χ3n) is 2.76. The zero-order valence-electron chi connectivity index (χ0n) is 10.8. The van der Waals surface area contributed by atoms with E-state index >= 15 is 0 Å². The summed E-state index contributed by atoms with van der Waals surface area (Å²) in [5, 5.41) is 2.70. The number of anilines is 1. The van der Waals surface area contributed by atoms with E-state index in [-0.39, 0.29) is 11.7 Å². The van der Waals surface area contributed by atoms with E-state index in [1.807, 2.05) is 30.3 Å². The van der Waals surface area contributed by atoms with Crippen LogP contribution in [0.25, 0.3) is 0 Å². The van der Waals surface area contributed by atoms with Crippen molar-refractivity contribution in [2.24, 2.45) is 0 Å². The zero-order chi connectivity index (χ0) is 14.5. The Labute approximate surface area is 124 Å². The van der Waals surface area contributed by atoms with E-state index in [0.717, 1.165) is 5.56 Å². The molecule has 0 saturated heterocycles. The SMILES string of the molecule is COC(C(=O)Nc1ccc(F)c(Br)c1)c1ccccc1. The van der Waals surface area contributed by atoms with Crippen LogP contribution in [-0.4, -0.2) is 13.0 Å². The van der Waals surface area contributed by atoms with Gasteiger partial charge < -0.3 is 10.1 Å². The molecule has 1 atom stereocenters. The lowest BCUT2D eigenvalue weighted by atomic mass is 10.1. The van der Waals surface area contributed by atoms with Gasteiger partial charge in [-0.2, -0.15) is 0 Å². The lowest BCUT2D eigenvalue weighted by molar-refractivity contribution is -0.126. The van der Waals surface area contributed by atoms with Gasteiger partial charge in [-0.3, -0.25) is 4.79 Å². The van der Waals surface area contributed by atoms with Gasteiger partial charge in [0, 0.05) is 12.8 Å². The summed E-state index contributed by atoms with van der Waals surface area (Å²) in [5.74, 6) is -0.688. The molecule has 0 saturated carbocycles. The second-order valence-corrected chi connectivity index (χ2v) is 5.00. The highest BCUT2D eigenvalue weighted by Crippen LogP contribution is 2.22. The van der Waals surface area contributed by atoms with Gasteiger partial charge in [-0.05, 0) is 39.7 Å². The van der Waals surface area contributed by atoms with Crippen LogP contribution in [0.5, 0.6) is 0 Å². The van der Waals surface area contributed by atoms with Gasteiger partial charge in [0.05, 0.1) is 4.47 Å². The summed E-state index contributed by atoms with van der Waals surface area (Å²) >= 11 is 3.08. The molecule has 0 bridgehead atoms. The zero-order valence-corrected chi connectivity index (χ0v) is 12.4. The summed E-state index contributed by atoms with van der Waals surface area (Å²) in [6, 6.07) is 13.4. The highest BCUT2D eigenvalue weighted by Gasteiger charge is 2.20. The molecule has 2 aromatic carbocycles. The lowest BCUT2D eigenvalue weighted by Gasteiger charge is -2.15. The standard InChI is InChI=1S/C15H13BrFNO2/c1-20-14(10-5-3-2-4-6-10)15(19)18-11-7-8-13(17)12(16)9-11/h2-9,14H,1H3,(H,18,19). The third-order valence-corrected chi connectivity index (χ3v) is 3.37. The van der Waals surface area contributed by atoms with Crippen LogP contribution >= 0.6 is 15.9 Å². The van der Waals surface area contributed by atoms with E-state index in [2.05, 4.69) is 21.2 Å². The number of carbonyl (C=O) groups is 1. The van der Waals surface area contributed by atoms with Crippen molar-refractivity contribution in [1.82, 2.24) is 0 Å². The maximum atomic E-state index is 13.1. The number of methoxy groups -OCH3 is 1. The Balaban J connectivity index is 2.15. The van der Waals surface area contributed by atoms with Crippen molar-refractivity contribution in [2.75, 3.05) is 12.4 Å². The Kier molecular flexibility index (Phi) is 4.87. The molecule has 104 valence electrons. The molecule has 0 aromatic heterocycles. The van der Waals surface area contributed by atoms with Crippen LogP contribution in [0.2, 0.25) is 0 Å². The highest BCUT2D eigenvalue weighted by molar-refractivity contribution is 9.10. The summed E-state index contributed by atoms with van der Waals surface area (Å²) in [4.78, 5) is 12.2. The van der Waals surface area contributed by atoms with E-state index < -0.39 is 6.10 Å². The van der Waals surface area contributed by atoms with E-state index in [9.17, 15) is 9.18 Å². The largest absolute Gasteiger partial charge is 0.367 e. The quantitative estimate of drug-likeness (QED) is 0.918. The fraction of sp³-hybridized carbons (Fsp3) is 0.133. The van der Waals surface area contributed by atoms with Crippen molar-refractivity contribution in [2.45, 2.75) is 6.10 Å². The molecule has 2 rings (SSSR count). The average molecular weight is 338 g/mol. The average Bonchev–Trinajstić information content (AvgIpc) is 2.45. The number of halogens is 2. The minimum Gasteiger partial charge on any atom is -0.367 e. The van der Waals surface area contributed by atoms with E-state index in [0.29, 0.717) is 10.2 Å². The number of benzene rings is 2. The summed E-state index contributed by atoms with van der Waals surface area (Å²) < 4.78 is 18.7. The van der Waals surface area contributed by atoms with Crippen LogP contribution in [-0.2, 0) is 9.53 Å². The molecule has 1 unspecified atom stereocenters. The number of nitrogens with one attached hydrogen (secondary N) is 1. The fourth-order valence-corrected chi connectivity index (χ4v) is 2.18. The number of ether oxygens (including phenoxy) is 1. The van der Waals surface area contributed by atoms with Gasteiger partial charge in [-0.1, -0.05) is 30.3 Å². The molecule has 20 heavy (non-hydrogen) atoms. The normalized spacial score (nSPS) is 11.9. The maximum Gasteiger partial charge on any atom is 0.258 e. The molecule has 0 fully saturated rings. The topological polar surface area (TPSA) is 38.3 Å². The third kappa shape index (κ3) is 3.43. The van der Waals surface area contributed by atoms with Gasteiger partial charge in [0.2, 0.25) is 0 Å². The first kappa shape index (κ1) is 14.7. The number of hydrogen-bond acceptors (Lipinski definition) is 2. The maximum absolute atomic E-state index is 13.1. The number of carbonyl (C=O) groups excluding carboxylic acids is 1. The molecule has 3 nitrogen and oxygen atoms in total. The first-order chi connectivity index (χ1) is 9.61. The predicted molar refractivity (Wildman–Crippen MR) is 78.9 cm³/mol. The molecule has 1 amide bonds. The molecular formula is C15H13BrFNO2. The fourth-order valence-electron chi connectivity index (χ4n) is 1.80. The van der Waals surface area contributed by atoms with Gasteiger partial charge >= 0.3 is 0 Å². The van der Waals surface area contributed by atoms with Crippen LogP contribution < -0.4 is 5.32 Å². The van der Waals surface area contributed by atoms with Crippen LogP contribution in [0.3, 0.4) is 0 Å². The second-order valence-electron chi connectivity index (χ2n) is 4.14. The summed E-state index contributed by atoms with van der Waals surface area (Å²) in [5.41, 5.74) is 1.26. The van der Waals surface area contributed by atoms with E-state index in [1.54, 1.807) is 0 Å². The molecule has 1 N–H and O–H groups in total. The minimum atomic E-state index is -0.708. The molecule has 0 spiro atoms. The molecule has 0 aliphatic rings. The van der Waals surface area contributed by atoms with Crippen molar-refractivity contribution in [1.29, 1.82) is 0 Å². The van der Waals surface area contributed by atoms with E-state index in [1.165, 1.54) is 25.3 Å². The van der Waals surface area contributed by atoms with Crippen LogP contribution in [0.4, 0.5) is 10.1 Å². The van der Waals surface area contributed by atoms with Gasteiger partial charge in [0.1, 0.15) is 5.82 Å². The monoisotopic (exact) mass is 337 g/mol. The molecular weight excluding hydrogens is 325 g/mol.